The van der Waals surface area contributed by atoms with E-state index in [0.29, 0.717) is 34.9 Å². The van der Waals surface area contributed by atoms with E-state index in [-0.39, 0.29) is 37.4 Å². The third-order valence-corrected chi connectivity index (χ3v) is 6.54. The number of alkyl carbamates (subject to hydrolysis) is 1. The summed E-state index contributed by atoms with van der Waals surface area (Å²) in [5, 5.41) is 19.5. The molecule has 0 aliphatic heterocycles. The first-order valence-corrected chi connectivity index (χ1v) is 11.6. The minimum absolute atomic E-state index is 0. The van der Waals surface area contributed by atoms with Crippen molar-refractivity contribution in [2.45, 2.75) is 32.7 Å². The fourth-order valence-corrected chi connectivity index (χ4v) is 5.03. The predicted molar refractivity (Wildman–Crippen MR) is 133 cm³/mol. The van der Waals surface area contributed by atoms with Gasteiger partial charge < -0.3 is 19.9 Å². The molecule has 1 aliphatic rings. The van der Waals surface area contributed by atoms with Crippen molar-refractivity contribution in [1.82, 2.24) is 15.5 Å². The van der Waals surface area contributed by atoms with Crippen molar-refractivity contribution in [3.05, 3.63) is 69.7 Å². The Balaban J connectivity index is 0.00000342. The lowest BCUT2D eigenvalue weighted by molar-refractivity contribution is -0.111. The summed E-state index contributed by atoms with van der Waals surface area (Å²) in [4.78, 5) is 29.4. The number of nitrogens with zero attached hydrogens (tertiary/aromatic N) is 3. The van der Waals surface area contributed by atoms with Crippen LogP contribution in [0.1, 0.15) is 39.4 Å². The van der Waals surface area contributed by atoms with Gasteiger partial charge in [-0.3, -0.25) is 9.78 Å². The number of thiophene rings is 1. The van der Waals surface area contributed by atoms with Gasteiger partial charge in [0.05, 0.1) is 18.7 Å². The van der Waals surface area contributed by atoms with Crippen molar-refractivity contribution in [3.8, 4) is 6.07 Å². The summed E-state index contributed by atoms with van der Waals surface area (Å²) in [7, 11) is 0. The molecule has 0 fully saturated rings. The normalized spacial score (nSPS) is 14.5. The number of carbonyl (C=O) groups is 2. The van der Waals surface area contributed by atoms with Gasteiger partial charge in [-0.1, -0.05) is 11.2 Å². The Kier molecular flexibility index (Phi) is 9.00. The molecule has 0 spiro atoms. The van der Waals surface area contributed by atoms with Crippen LogP contribution in [0.25, 0.3) is 6.08 Å². The van der Waals surface area contributed by atoms with Crippen molar-refractivity contribution in [2.24, 2.45) is 5.92 Å². The SMILES string of the molecule is Cc1cc(CNC(=O)OCC2CCc3c(sc(NC(=O)/C=C/c4cccnc4)c3C#N)C2)no1.Cl. The van der Waals surface area contributed by atoms with Gasteiger partial charge in [0.2, 0.25) is 5.91 Å². The first kappa shape index (κ1) is 25.9. The Morgan fingerprint density at radius 1 is 1.43 bits per heavy atom. The number of nitriles is 1. The Morgan fingerprint density at radius 2 is 2.29 bits per heavy atom. The number of ether oxygens (including phenoxy) is 1. The molecule has 0 aromatic carbocycles. The van der Waals surface area contributed by atoms with Crippen LogP contribution < -0.4 is 10.6 Å². The summed E-state index contributed by atoms with van der Waals surface area (Å²) in [6.07, 6.45) is 8.08. The summed E-state index contributed by atoms with van der Waals surface area (Å²) < 4.78 is 10.3. The van der Waals surface area contributed by atoms with Gasteiger partial charge in [-0.25, -0.2) is 4.79 Å². The molecule has 3 aromatic heterocycles. The smallest absolute Gasteiger partial charge is 0.407 e. The fraction of sp³-hybridized carbons (Fsp3) is 0.292. The minimum Gasteiger partial charge on any atom is -0.449 e. The zero-order valence-electron chi connectivity index (χ0n) is 18.9. The van der Waals surface area contributed by atoms with Crippen LogP contribution in [-0.2, 0) is 28.9 Å². The summed E-state index contributed by atoms with van der Waals surface area (Å²) in [6.45, 7) is 2.29. The number of hydrogen-bond acceptors (Lipinski definition) is 8. The molecule has 0 bridgehead atoms. The van der Waals surface area contributed by atoms with Crippen LogP contribution in [0.15, 0.2) is 41.2 Å². The maximum Gasteiger partial charge on any atom is 0.407 e. The molecular weight excluding hydrogens is 490 g/mol. The number of aromatic nitrogens is 2. The van der Waals surface area contributed by atoms with E-state index in [0.717, 1.165) is 22.4 Å². The van der Waals surface area contributed by atoms with E-state index in [2.05, 4.69) is 26.8 Å². The molecule has 11 heteroatoms. The van der Waals surface area contributed by atoms with Crippen LogP contribution in [0, 0.1) is 24.2 Å². The number of fused-ring (bicyclic) bond motifs is 1. The Labute approximate surface area is 212 Å². The number of aryl methyl sites for hydroxylation is 1. The second kappa shape index (κ2) is 12.1. The zero-order valence-corrected chi connectivity index (χ0v) is 20.6. The quantitative estimate of drug-likeness (QED) is 0.447. The monoisotopic (exact) mass is 513 g/mol. The third-order valence-electron chi connectivity index (χ3n) is 5.37. The third kappa shape index (κ3) is 6.91. The van der Waals surface area contributed by atoms with Crippen molar-refractivity contribution >= 4 is 46.8 Å². The number of rotatable bonds is 7. The van der Waals surface area contributed by atoms with Gasteiger partial charge in [0.25, 0.3) is 0 Å². The van der Waals surface area contributed by atoms with E-state index in [9.17, 15) is 14.9 Å². The number of pyridine rings is 1. The number of halogens is 1. The average molecular weight is 514 g/mol. The highest BCUT2D eigenvalue weighted by molar-refractivity contribution is 7.16. The van der Waals surface area contributed by atoms with Gasteiger partial charge in [0.15, 0.2) is 0 Å². The van der Waals surface area contributed by atoms with Crippen LogP contribution in [-0.4, -0.2) is 28.7 Å². The standard InChI is InChI=1S/C24H23N5O4S.ClH/c1-15-9-18(29-33-15)13-27-24(31)32-14-17-4-6-19-20(11-25)23(34-21(19)10-17)28-22(30)7-5-16-3-2-8-26-12-16;/h2-3,5,7-9,12,17H,4,6,10,13-14H2,1H3,(H,27,31)(H,28,30);1H/b7-5+;. The van der Waals surface area contributed by atoms with Gasteiger partial charge in [-0.15, -0.1) is 23.7 Å². The van der Waals surface area contributed by atoms with Gasteiger partial charge in [-0.05, 0) is 55.4 Å². The van der Waals surface area contributed by atoms with Crippen LogP contribution in [0.5, 0.6) is 0 Å². The molecule has 2 amide bonds. The summed E-state index contributed by atoms with van der Waals surface area (Å²) in [5.41, 5.74) is 2.93. The summed E-state index contributed by atoms with van der Waals surface area (Å²) in [5.74, 6) is 0.514. The second-order valence-electron chi connectivity index (χ2n) is 7.92. The molecule has 9 nitrogen and oxygen atoms in total. The molecular formula is C24H24ClN5O4S. The molecule has 0 saturated carbocycles. The van der Waals surface area contributed by atoms with Crippen LogP contribution in [0.2, 0.25) is 0 Å². The number of hydrogen-bond donors (Lipinski definition) is 2. The largest absolute Gasteiger partial charge is 0.449 e. The first-order valence-electron chi connectivity index (χ1n) is 10.8. The van der Waals surface area contributed by atoms with Gasteiger partial charge in [0, 0.05) is 29.4 Å². The van der Waals surface area contributed by atoms with Crippen molar-refractivity contribution in [1.29, 1.82) is 5.26 Å². The topological polar surface area (TPSA) is 130 Å². The highest BCUT2D eigenvalue weighted by atomic mass is 35.5. The van der Waals surface area contributed by atoms with E-state index in [4.69, 9.17) is 9.26 Å². The molecule has 4 rings (SSSR count). The van der Waals surface area contributed by atoms with Crippen LogP contribution in [0.3, 0.4) is 0 Å². The summed E-state index contributed by atoms with van der Waals surface area (Å²) in [6, 6.07) is 7.62. The molecule has 1 aliphatic carbocycles. The Bertz CT molecular complexity index is 1250. The molecule has 1 atom stereocenters. The minimum atomic E-state index is -0.510. The molecule has 0 radical (unpaired) electrons. The van der Waals surface area contributed by atoms with Gasteiger partial charge in [-0.2, -0.15) is 5.26 Å². The lowest BCUT2D eigenvalue weighted by Crippen LogP contribution is -2.27. The summed E-state index contributed by atoms with van der Waals surface area (Å²) >= 11 is 1.41. The van der Waals surface area contributed by atoms with Crippen molar-refractivity contribution in [3.63, 3.8) is 0 Å². The lowest BCUT2D eigenvalue weighted by atomic mass is 9.88. The van der Waals surface area contributed by atoms with E-state index >= 15 is 0 Å². The maximum absolute atomic E-state index is 12.4. The molecule has 3 heterocycles. The Hall–Kier alpha value is -3.68. The molecule has 0 saturated heterocycles. The van der Waals surface area contributed by atoms with Gasteiger partial charge in [0.1, 0.15) is 22.5 Å². The molecule has 35 heavy (non-hydrogen) atoms. The average Bonchev–Trinajstić information content (AvgIpc) is 3.42. The maximum atomic E-state index is 12.4. The zero-order chi connectivity index (χ0) is 23.9. The highest BCUT2D eigenvalue weighted by Crippen LogP contribution is 2.39. The van der Waals surface area contributed by atoms with E-state index < -0.39 is 6.09 Å². The fourth-order valence-electron chi connectivity index (χ4n) is 3.71. The molecule has 2 N–H and O–H groups in total. The first-order chi connectivity index (χ1) is 16.5. The van der Waals surface area contributed by atoms with E-state index in [1.54, 1.807) is 37.5 Å². The number of carbonyl (C=O) groups excluding carboxylic acids is 2. The van der Waals surface area contributed by atoms with E-state index in [1.807, 2.05) is 6.07 Å². The number of nitrogens with one attached hydrogen (secondary N) is 2. The van der Waals surface area contributed by atoms with Crippen LogP contribution >= 0.6 is 23.7 Å². The Morgan fingerprint density at radius 3 is 3.00 bits per heavy atom. The predicted octanol–water partition coefficient (Wildman–Crippen LogP) is 4.42. The van der Waals surface area contributed by atoms with Gasteiger partial charge >= 0.3 is 6.09 Å². The van der Waals surface area contributed by atoms with Crippen molar-refractivity contribution < 1.29 is 18.8 Å². The highest BCUT2D eigenvalue weighted by Gasteiger charge is 2.27. The molecule has 182 valence electrons. The van der Waals surface area contributed by atoms with E-state index in [1.165, 1.54) is 17.4 Å². The number of anilines is 1. The lowest BCUT2D eigenvalue weighted by Gasteiger charge is -2.21. The molecule has 3 aromatic rings. The number of amides is 2. The second-order valence-corrected chi connectivity index (χ2v) is 9.02. The molecule has 1 unspecified atom stereocenters. The van der Waals surface area contributed by atoms with Crippen LogP contribution in [0.4, 0.5) is 9.80 Å². The van der Waals surface area contributed by atoms with Crippen molar-refractivity contribution in [2.75, 3.05) is 11.9 Å².